The number of carbonyl (C=O) groups is 1. The number of ether oxygens (including phenoxy) is 2. The van der Waals surface area contributed by atoms with Gasteiger partial charge >= 0.3 is 0 Å². The van der Waals surface area contributed by atoms with Crippen molar-refractivity contribution in [1.29, 1.82) is 0 Å². The quantitative estimate of drug-likeness (QED) is 0.588. The molecule has 4 heteroatoms. The maximum Gasteiger partial charge on any atom is 0.260 e. The van der Waals surface area contributed by atoms with Crippen molar-refractivity contribution in [3.63, 3.8) is 0 Å². The van der Waals surface area contributed by atoms with Gasteiger partial charge in [0.2, 0.25) is 0 Å². The summed E-state index contributed by atoms with van der Waals surface area (Å²) in [6, 6.07) is 25.8. The van der Waals surface area contributed by atoms with Crippen molar-refractivity contribution in [2.24, 2.45) is 0 Å². The highest BCUT2D eigenvalue weighted by atomic mass is 16.5. The van der Waals surface area contributed by atoms with Gasteiger partial charge < -0.3 is 14.4 Å². The van der Waals surface area contributed by atoms with Crippen LogP contribution in [0.1, 0.15) is 16.7 Å². The summed E-state index contributed by atoms with van der Waals surface area (Å²) in [7, 11) is 3.40. The van der Waals surface area contributed by atoms with Crippen LogP contribution in [-0.2, 0) is 17.8 Å². The minimum atomic E-state index is -0.0829. The van der Waals surface area contributed by atoms with Crippen LogP contribution in [0.3, 0.4) is 0 Å². The fourth-order valence-corrected chi connectivity index (χ4v) is 3.03. The van der Waals surface area contributed by atoms with E-state index in [4.69, 9.17) is 9.47 Å². The van der Waals surface area contributed by atoms with E-state index in [1.807, 2.05) is 66.7 Å². The second-order valence-corrected chi connectivity index (χ2v) is 6.62. The fourth-order valence-electron chi connectivity index (χ4n) is 3.03. The first-order valence-corrected chi connectivity index (χ1v) is 9.28. The van der Waals surface area contributed by atoms with Crippen molar-refractivity contribution in [2.75, 3.05) is 20.8 Å². The zero-order valence-corrected chi connectivity index (χ0v) is 16.3. The number of nitrogens with zero attached hydrogens (tertiary/aromatic N) is 1. The van der Waals surface area contributed by atoms with Gasteiger partial charge in [-0.05, 0) is 23.3 Å². The predicted octanol–water partition coefficient (Wildman–Crippen LogP) is 4.32. The number of methoxy groups -OCH3 is 1. The Morgan fingerprint density at radius 3 is 2.14 bits per heavy atom. The van der Waals surface area contributed by atoms with Gasteiger partial charge in [0.15, 0.2) is 6.61 Å². The van der Waals surface area contributed by atoms with Gasteiger partial charge in [-0.25, -0.2) is 0 Å². The van der Waals surface area contributed by atoms with Gasteiger partial charge in [-0.3, -0.25) is 4.79 Å². The number of amides is 1. The molecule has 0 aliphatic heterocycles. The van der Waals surface area contributed by atoms with Crippen LogP contribution in [0, 0.1) is 0 Å². The predicted molar refractivity (Wildman–Crippen MR) is 111 cm³/mol. The van der Waals surface area contributed by atoms with Crippen LogP contribution in [0.4, 0.5) is 0 Å². The highest BCUT2D eigenvalue weighted by Crippen LogP contribution is 2.22. The van der Waals surface area contributed by atoms with Crippen LogP contribution in [0.2, 0.25) is 0 Å². The zero-order valence-electron chi connectivity index (χ0n) is 16.3. The van der Waals surface area contributed by atoms with E-state index in [1.54, 1.807) is 19.1 Å². The normalized spacial score (nSPS) is 10.4. The number of hydrogen-bond acceptors (Lipinski definition) is 3. The molecule has 4 nitrogen and oxygen atoms in total. The number of likely N-dealkylation sites (N-methyl/N-ethyl adjacent to an activating group) is 1. The SMILES string of the molecule is COc1ccccc1CN(C)C(=O)COc1ccccc1Cc1ccccc1. The third-order valence-corrected chi connectivity index (χ3v) is 4.59. The number of carbonyl (C=O) groups excluding carboxylic acids is 1. The molecule has 3 aromatic rings. The second kappa shape index (κ2) is 9.60. The minimum Gasteiger partial charge on any atom is -0.496 e. The Bertz CT molecular complexity index is 908. The molecular weight excluding hydrogens is 350 g/mol. The van der Waals surface area contributed by atoms with Crippen molar-refractivity contribution in [3.05, 3.63) is 95.6 Å². The van der Waals surface area contributed by atoms with E-state index in [-0.39, 0.29) is 12.5 Å². The Labute approximate surface area is 166 Å². The molecule has 0 N–H and O–H groups in total. The molecule has 0 spiro atoms. The summed E-state index contributed by atoms with van der Waals surface area (Å²) >= 11 is 0. The Hall–Kier alpha value is -3.27. The van der Waals surface area contributed by atoms with Crippen molar-refractivity contribution < 1.29 is 14.3 Å². The number of rotatable bonds is 8. The molecule has 0 bridgehead atoms. The lowest BCUT2D eigenvalue weighted by Gasteiger charge is -2.19. The average molecular weight is 375 g/mol. The third kappa shape index (κ3) is 5.13. The first-order chi connectivity index (χ1) is 13.7. The molecule has 0 atom stereocenters. The molecule has 0 unspecified atom stereocenters. The van der Waals surface area contributed by atoms with Crippen molar-refractivity contribution in [2.45, 2.75) is 13.0 Å². The summed E-state index contributed by atoms with van der Waals surface area (Å²) in [4.78, 5) is 14.2. The second-order valence-electron chi connectivity index (χ2n) is 6.62. The van der Waals surface area contributed by atoms with E-state index >= 15 is 0 Å². The standard InChI is InChI=1S/C24H25NO3/c1-25(17-21-13-7-8-14-22(21)27-2)24(26)18-28-23-15-9-6-12-20(23)16-19-10-4-3-5-11-19/h3-15H,16-18H2,1-2H3. The summed E-state index contributed by atoms with van der Waals surface area (Å²) in [6.45, 7) is 0.468. The van der Waals surface area contributed by atoms with Crippen molar-refractivity contribution >= 4 is 5.91 Å². The van der Waals surface area contributed by atoms with Crippen LogP contribution in [0.15, 0.2) is 78.9 Å². The molecule has 0 aromatic heterocycles. The third-order valence-electron chi connectivity index (χ3n) is 4.59. The van der Waals surface area contributed by atoms with Crippen LogP contribution < -0.4 is 9.47 Å². The molecule has 0 radical (unpaired) electrons. The molecule has 0 heterocycles. The van der Waals surface area contributed by atoms with E-state index < -0.39 is 0 Å². The van der Waals surface area contributed by atoms with Gasteiger partial charge in [0.05, 0.1) is 7.11 Å². The Kier molecular flexibility index (Phi) is 6.68. The average Bonchev–Trinajstić information content (AvgIpc) is 2.74. The summed E-state index contributed by atoms with van der Waals surface area (Å²) in [5.74, 6) is 1.43. The zero-order chi connectivity index (χ0) is 19.8. The fraction of sp³-hybridized carbons (Fsp3) is 0.208. The number of para-hydroxylation sites is 2. The first-order valence-electron chi connectivity index (χ1n) is 9.28. The van der Waals surface area contributed by atoms with Gasteiger partial charge in [0.25, 0.3) is 5.91 Å². The summed E-state index contributed by atoms with van der Waals surface area (Å²) in [6.07, 6.45) is 0.766. The summed E-state index contributed by atoms with van der Waals surface area (Å²) in [5.41, 5.74) is 3.23. The maximum absolute atomic E-state index is 12.6. The molecular formula is C24H25NO3. The van der Waals surface area contributed by atoms with Crippen molar-refractivity contribution in [1.82, 2.24) is 4.90 Å². The van der Waals surface area contributed by atoms with Gasteiger partial charge in [0, 0.05) is 25.6 Å². The minimum absolute atomic E-state index is 0.00253. The van der Waals surface area contributed by atoms with Crippen LogP contribution in [0.5, 0.6) is 11.5 Å². The lowest BCUT2D eigenvalue weighted by molar-refractivity contribution is -0.132. The van der Waals surface area contributed by atoms with Crippen LogP contribution in [-0.4, -0.2) is 31.6 Å². The largest absolute Gasteiger partial charge is 0.496 e. The van der Waals surface area contributed by atoms with Gasteiger partial charge in [-0.1, -0.05) is 66.7 Å². The van der Waals surface area contributed by atoms with Crippen LogP contribution in [0.25, 0.3) is 0 Å². The van der Waals surface area contributed by atoms with Gasteiger partial charge in [-0.15, -0.1) is 0 Å². The number of benzene rings is 3. The molecule has 0 saturated heterocycles. The van der Waals surface area contributed by atoms with Gasteiger partial charge in [0.1, 0.15) is 11.5 Å². The topological polar surface area (TPSA) is 38.8 Å². The van der Waals surface area contributed by atoms with E-state index in [0.29, 0.717) is 6.54 Å². The van der Waals surface area contributed by atoms with E-state index in [9.17, 15) is 4.79 Å². The Morgan fingerprint density at radius 2 is 1.43 bits per heavy atom. The molecule has 1 amide bonds. The highest BCUT2D eigenvalue weighted by Gasteiger charge is 2.13. The highest BCUT2D eigenvalue weighted by molar-refractivity contribution is 5.77. The smallest absolute Gasteiger partial charge is 0.260 e. The molecule has 3 aromatic carbocycles. The van der Waals surface area contributed by atoms with E-state index in [1.165, 1.54) is 5.56 Å². The van der Waals surface area contributed by atoms with E-state index in [0.717, 1.165) is 29.0 Å². The molecule has 0 saturated carbocycles. The Balaban J connectivity index is 1.61. The molecule has 0 aliphatic carbocycles. The van der Waals surface area contributed by atoms with Crippen molar-refractivity contribution in [3.8, 4) is 11.5 Å². The monoisotopic (exact) mass is 375 g/mol. The molecule has 0 aliphatic rings. The molecule has 3 rings (SSSR count). The lowest BCUT2D eigenvalue weighted by Crippen LogP contribution is -2.31. The lowest BCUT2D eigenvalue weighted by atomic mass is 10.0. The molecule has 0 fully saturated rings. The van der Waals surface area contributed by atoms with Crippen LogP contribution >= 0.6 is 0 Å². The van der Waals surface area contributed by atoms with Gasteiger partial charge in [-0.2, -0.15) is 0 Å². The molecule has 28 heavy (non-hydrogen) atoms. The summed E-state index contributed by atoms with van der Waals surface area (Å²) < 4.78 is 11.2. The summed E-state index contributed by atoms with van der Waals surface area (Å²) in [5, 5.41) is 0. The Morgan fingerprint density at radius 1 is 0.821 bits per heavy atom. The molecule has 144 valence electrons. The first kappa shape index (κ1) is 19.5. The van der Waals surface area contributed by atoms with E-state index in [2.05, 4.69) is 12.1 Å². The maximum atomic E-state index is 12.6. The number of hydrogen-bond donors (Lipinski definition) is 0.